The van der Waals surface area contributed by atoms with Crippen LogP contribution in [0.1, 0.15) is 38.3 Å². The molecular formula is C14H21F2NO. The van der Waals surface area contributed by atoms with Crippen LogP contribution < -0.4 is 5.32 Å². The summed E-state index contributed by atoms with van der Waals surface area (Å²) < 4.78 is 31.9. The second-order valence-corrected chi connectivity index (χ2v) is 4.28. The Kier molecular flexibility index (Phi) is 6.83. The molecule has 1 N–H and O–H groups in total. The number of halogens is 2. The van der Waals surface area contributed by atoms with Gasteiger partial charge in [-0.2, -0.15) is 0 Å². The van der Waals surface area contributed by atoms with E-state index < -0.39 is 11.6 Å². The first kappa shape index (κ1) is 15.1. The normalized spacial score (nSPS) is 12.7. The number of hydrogen-bond donors (Lipinski definition) is 1. The number of benzene rings is 1. The average molecular weight is 257 g/mol. The minimum absolute atomic E-state index is 0.202. The zero-order valence-corrected chi connectivity index (χ0v) is 11.0. The van der Waals surface area contributed by atoms with Crippen molar-refractivity contribution in [1.82, 2.24) is 5.32 Å². The predicted molar refractivity (Wildman–Crippen MR) is 68.5 cm³/mol. The third-order valence-electron chi connectivity index (χ3n) is 2.71. The molecule has 0 fully saturated rings. The van der Waals surface area contributed by atoms with Gasteiger partial charge in [0, 0.05) is 24.8 Å². The van der Waals surface area contributed by atoms with Crippen LogP contribution in [0.5, 0.6) is 0 Å². The van der Waals surface area contributed by atoms with Crippen molar-refractivity contribution in [2.24, 2.45) is 0 Å². The standard InChI is InChI=1S/C14H21F2NO/c1-3-9-18-10-5-8-17-11(2)12-6-4-7-13(15)14(12)16/h4,6-7,11,17H,3,5,8-10H2,1-2H3. The Balaban J connectivity index is 2.32. The first-order chi connectivity index (χ1) is 8.66. The third-order valence-corrected chi connectivity index (χ3v) is 2.71. The van der Waals surface area contributed by atoms with E-state index in [1.807, 2.05) is 6.92 Å². The van der Waals surface area contributed by atoms with Gasteiger partial charge in [0.2, 0.25) is 0 Å². The first-order valence-corrected chi connectivity index (χ1v) is 6.41. The number of nitrogens with one attached hydrogen (secondary N) is 1. The summed E-state index contributed by atoms with van der Waals surface area (Å²) >= 11 is 0. The Morgan fingerprint density at radius 2 is 2.06 bits per heavy atom. The predicted octanol–water partition coefficient (Wildman–Crippen LogP) is 3.43. The average Bonchev–Trinajstić information content (AvgIpc) is 2.36. The third kappa shape index (κ3) is 4.70. The molecule has 0 spiro atoms. The van der Waals surface area contributed by atoms with Gasteiger partial charge in [-0.15, -0.1) is 0 Å². The Labute approximate surface area is 107 Å². The monoisotopic (exact) mass is 257 g/mol. The molecule has 1 rings (SSSR count). The highest BCUT2D eigenvalue weighted by molar-refractivity contribution is 5.21. The zero-order chi connectivity index (χ0) is 13.4. The SMILES string of the molecule is CCCOCCCNC(C)c1cccc(F)c1F. The topological polar surface area (TPSA) is 21.3 Å². The molecule has 102 valence electrons. The van der Waals surface area contributed by atoms with Gasteiger partial charge in [-0.05, 0) is 32.4 Å². The molecule has 4 heteroatoms. The van der Waals surface area contributed by atoms with Gasteiger partial charge in [0.05, 0.1) is 0 Å². The maximum atomic E-state index is 13.5. The van der Waals surface area contributed by atoms with Crippen molar-refractivity contribution in [2.75, 3.05) is 19.8 Å². The summed E-state index contributed by atoms with van der Waals surface area (Å²) in [5.41, 5.74) is 0.365. The van der Waals surface area contributed by atoms with E-state index in [-0.39, 0.29) is 6.04 Å². The summed E-state index contributed by atoms with van der Waals surface area (Å²) in [6, 6.07) is 4.05. The highest BCUT2D eigenvalue weighted by atomic mass is 19.2. The minimum Gasteiger partial charge on any atom is -0.381 e. The molecule has 0 heterocycles. The van der Waals surface area contributed by atoms with E-state index in [1.54, 1.807) is 6.07 Å². The lowest BCUT2D eigenvalue weighted by Crippen LogP contribution is -2.22. The number of ether oxygens (including phenoxy) is 1. The molecule has 0 bridgehead atoms. The van der Waals surface area contributed by atoms with Crippen molar-refractivity contribution < 1.29 is 13.5 Å². The summed E-state index contributed by atoms with van der Waals surface area (Å²) in [5, 5.41) is 3.16. The summed E-state index contributed by atoms with van der Waals surface area (Å²) in [6.45, 7) is 6.08. The second kappa shape index (κ2) is 8.16. The van der Waals surface area contributed by atoms with Crippen molar-refractivity contribution in [3.63, 3.8) is 0 Å². The fourth-order valence-electron chi connectivity index (χ4n) is 1.70. The smallest absolute Gasteiger partial charge is 0.163 e. The molecule has 0 aliphatic heterocycles. The van der Waals surface area contributed by atoms with Crippen LogP contribution in [0.4, 0.5) is 8.78 Å². The van der Waals surface area contributed by atoms with Gasteiger partial charge in [0.15, 0.2) is 11.6 Å². The number of hydrogen-bond acceptors (Lipinski definition) is 2. The highest BCUT2D eigenvalue weighted by Crippen LogP contribution is 2.18. The second-order valence-electron chi connectivity index (χ2n) is 4.28. The molecule has 0 amide bonds. The maximum Gasteiger partial charge on any atom is 0.163 e. The van der Waals surface area contributed by atoms with Crippen LogP contribution in [0, 0.1) is 11.6 Å². The molecule has 0 saturated carbocycles. The van der Waals surface area contributed by atoms with Gasteiger partial charge in [-0.3, -0.25) is 0 Å². The Bertz CT molecular complexity index is 358. The molecule has 1 unspecified atom stereocenters. The molecule has 1 aromatic carbocycles. The molecule has 1 aromatic rings. The minimum atomic E-state index is -0.799. The van der Waals surface area contributed by atoms with E-state index in [9.17, 15) is 8.78 Å². The van der Waals surface area contributed by atoms with E-state index >= 15 is 0 Å². The van der Waals surface area contributed by atoms with Crippen molar-refractivity contribution >= 4 is 0 Å². The maximum absolute atomic E-state index is 13.5. The lowest BCUT2D eigenvalue weighted by molar-refractivity contribution is 0.131. The van der Waals surface area contributed by atoms with Crippen LogP contribution in [0.25, 0.3) is 0 Å². The molecule has 1 atom stereocenters. The largest absolute Gasteiger partial charge is 0.381 e. The fourth-order valence-corrected chi connectivity index (χ4v) is 1.70. The van der Waals surface area contributed by atoms with Crippen LogP contribution >= 0.6 is 0 Å². The molecule has 0 aliphatic rings. The van der Waals surface area contributed by atoms with Gasteiger partial charge in [0.25, 0.3) is 0 Å². The van der Waals surface area contributed by atoms with Crippen molar-refractivity contribution in [1.29, 1.82) is 0 Å². The van der Waals surface area contributed by atoms with Crippen LogP contribution in [0.15, 0.2) is 18.2 Å². The molecule has 18 heavy (non-hydrogen) atoms. The molecular weight excluding hydrogens is 236 g/mol. The Morgan fingerprint density at radius 3 is 2.78 bits per heavy atom. The lowest BCUT2D eigenvalue weighted by atomic mass is 10.1. The van der Waals surface area contributed by atoms with Gasteiger partial charge in [0.1, 0.15) is 0 Å². The van der Waals surface area contributed by atoms with Crippen molar-refractivity contribution in [3.8, 4) is 0 Å². The van der Waals surface area contributed by atoms with E-state index in [0.29, 0.717) is 12.2 Å². The van der Waals surface area contributed by atoms with Gasteiger partial charge < -0.3 is 10.1 Å². The molecule has 0 aromatic heterocycles. The van der Waals surface area contributed by atoms with Gasteiger partial charge in [-0.1, -0.05) is 19.1 Å². The quantitative estimate of drug-likeness (QED) is 0.720. The lowest BCUT2D eigenvalue weighted by Gasteiger charge is -2.15. The molecule has 0 aliphatic carbocycles. The van der Waals surface area contributed by atoms with Crippen LogP contribution in [-0.2, 0) is 4.74 Å². The summed E-state index contributed by atoms with van der Waals surface area (Å²) in [6.07, 6.45) is 1.87. The first-order valence-electron chi connectivity index (χ1n) is 6.41. The van der Waals surface area contributed by atoms with Crippen LogP contribution in [-0.4, -0.2) is 19.8 Å². The summed E-state index contributed by atoms with van der Waals surface area (Å²) in [7, 11) is 0. The highest BCUT2D eigenvalue weighted by Gasteiger charge is 2.13. The summed E-state index contributed by atoms with van der Waals surface area (Å²) in [5.74, 6) is -1.56. The Hall–Kier alpha value is -1.00. The van der Waals surface area contributed by atoms with Gasteiger partial charge in [-0.25, -0.2) is 8.78 Å². The van der Waals surface area contributed by atoms with Crippen molar-refractivity contribution in [3.05, 3.63) is 35.4 Å². The fraction of sp³-hybridized carbons (Fsp3) is 0.571. The van der Waals surface area contributed by atoms with Crippen LogP contribution in [0.2, 0.25) is 0 Å². The van der Waals surface area contributed by atoms with E-state index in [2.05, 4.69) is 12.2 Å². The number of rotatable bonds is 8. The van der Waals surface area contributed by atoms with Crippen LogP contribution in [0.3, 0.4) is 0 Å². The van der Waals surface area contributed by atoms with E-state index in [4.69, 9.17) is 4.74 Å². The molecule has 0 radical (unpaired) electrons. The van der Waals surface area contributed by atoms with E-state index in [1.165, 1.54) is 6.07 Å². The summed E-state index contributed by atoms with van der Waals surface area (Å²) in [4.78, 5) is 0. The Morgan fingerprint density at radius 1 is 1.28 bits per heavy atom. The zero-order valence-electron chi connectivity index (χ0n) is 11.0. The van der Waals surface area contributed by atoms with Gasteiger partial charge >= 0.3 is 0 Å². The van der Waals surface area contributed by atoms with Crippen molar-refractivity contribution in [2.45, 2.75) is 32.7 Å². The molecule has 0 saturated heterocycles. The molecule has 2 nitrogen and oxygen atoms in total. The van der Waals surface area contributed by atoms with E-state index in [0.717, 1.165) is 32.1 Å².